The van der Waals surface area contributed by atoms with Crippen LogP contribution in [0.4, 0.5) is 0 Å². The Morgan fingerprint density at radius 3 is 2.53 bits per heavy atom. The Kier molecular flexibility index (Phi) is 3.84. The summed E-state index contributed by atoms with van der Waals surface area (Å²) in [6.07, 6.45) is 1.74. The van der Waals surface area contributed by atoms with E-state index < -0.39 is 21.0 Å². The van der Waals surface area contributed by atoms with Crippen molar-refractivity contribution in [3.63, 3.8) is 0 Å². The van der Waals surface area contributed by atoms with Crippen molar-refractivity contribution >= 4 is 21.5 Å². The van der Waals surface area contributed by atoms with Gasteiger partial charge in [0.15, 0.2) is 9.84 Å². The fourth-order valence-corrected chi connectivity index (χ4v) is 3.40. The topological polar surface area (TPSA) is 80.3 Å². The van der Waals surface area contributed by atoms with E-state index in [0.29, 0.717) is 12.8 Å². The molecule has 0 bridgehead atoms. The molecule has 1 heterocycles. The number of Topliss-reactive ketones (excluding diaryl/α,β-unsaturated/α-hetero) is 1. The normalized spacial score (nSPS) is 24.5. The predicted octanol–water partition coefficient (Wildman–Crippen LogP) is -0.341. The molecule has 1 rings (SSSR count). The zero-order valence-corrected chi connectivity index (χ0v) is 9.47. The number of hydrogen-bond donors (Lipinski definition) is 1. The molecule has 1 aliphatic rings. The fraction of sp³-hybridized carbons (Fsp3) is 0.778. The van der Waals surface area contributed by atoms with E-state index >= 15 is 0 Å². The molecule has 1 fully saturated rings. The molecular weight excluding hydrogens is 218 g/mol. The Morgan fingerprint density at radius 2 is 2.00 bits per heavy atom. The van der Waals surface area contributed by atoms with E-state index in [-0.39, 0.29) is 18.1 Å². The number of amides is 1. The van der Waals surface area contributed by atoms with Crippen molar-refractivity contribution in [2.75, 3.05) is 12.3 Å². The van der Waals surface area contributed by atoms with Crippen LogP contribution in [-0.4, -0.2) is 37.7 Å². The minimum absolute atomic E-state index is 0.0746. The molecule has 1 N–H and O–H groups in total. The Balaban J connectivity index is 2.61. The Bertz CT molecular complexity index is 360. The number of sulfone groups is 1. The first-order valence-corrected chi connectivity index (χ1v) is 6.64. The molecule has 1 aliphatic heterocycles. The average Bonchev–Trinajstić information content (AvgIpc) is 2.13. The SMILES string of the molecule is CC(=O)CNC(=O)C1CCCCS1(=O)=O. The summed E-state index contributed by atoms with van der Waals surface area (Å²) in [5.74, 6) is -0.646. The Hall–Kier alpha value is -0.910. The fourth-order valence-electron chi connectivity index (χ4n) is 1.57. The predicted molar refractivity (Wildman–Crippen MR) is 55.1 cm³/mol. The van der Waals surface area contributed by atoms with Gasteiger partial charge in [0.25, 0.3) is 0 Å². The van der Waals surface area contributed by atoms with Crippen LogP contribution in [0.5, 0.6) is 0 Å². The molecule has 1 unspecified atom stereocenters. The van der Waals surface area contributed by atoms with E-state index in [4.69, 9.17) is 0 Å². The Labute approximate surface area is 89.2 Å². The molecule has 0 aromatic heterocycles. The smallest absolute Gasteiger partial charge is 0.238 e. The third-order valence-corrected chi connectivity index (χ3v) is 4.56. The first-order valence-electron chi connectivity index (χ1n) is 4.92. The summed E-state index contributed by atoms with van der Waals surface area (Å²) in [6, 6.07) is 0. The number of carbonyl (C=O) groups excluding carboxylic acids is 2. The summed E-state index contributed by atoms with van der Waals surface area (Å²) in [6.45, 7) is 1.25. The second kappa shape index (κ2) is 4.74. The van der Waals surface area contributed by atoms with E-state index in [1.807, 2.05) is 0 Å². The summed E-state index contributed by atoms with van der Waals surface area (Å²) in [4.78, 5) is 22.1. The molecule has 0 spiro atoms. The first-order chi connectivity index (χ1) is 6.93. The van der Waals surface area contributed by atoms with Gasteiger partial charge >= 0.3 is 0 Å². The van der Waals surface area contributed by atoms with Gasteiger partial charge in [-0.3, -0.25) is 9.59 Å². The summed E-state index contributed by atoms with van der Waals surface area (Å²) in [7, 11) is -3.29. The molecule has 1 amide bonds. The zero-order valence-electron chi connectivity index (χ0n) is 8.65. The van der Waals surface area contributed by atoms with Crippen molar-refractivity contribution in [1.82, 2.24) is 5.32 Å². The van der Waals surface area contributed by atoms with Crippen LogP contribution in [-0.2, 0) is 19.4 Å². The van der Waals surface area contributed by atoms with Gasteiger partial charge in [-0.05, 0) is 19.8 Å². The highest BCUT2D eigenvalue weighted by atomic mass is 32.2. The van der Waals surface area contributed by atoms with E-state index in [1.165, 1.54) is 6.92 Å². The standard InChI is InChI=1S/C9H15NO4S/c1-7(11)6-10-9(12)8-4-2-3-5-15(8,13)14/h8H,2-6H2,1H3,(H,10,12). The molecule has 0 aromatic carbocycles. The lowest BCUT2D eigenvalue weighted by atomic mass is 10.2. The monoisotopic (exact) mass is 233 g/mol. The maximum absolute atomic E-state index is 11.5. The van der Waals surface area contributed by atoms with Crippen LogP contribution in [0.3, 0.4) is 0 Å². The van der Waals surface area contributed by atoms with Crippen molar-refractivity contribution in [2.45, 2.75) is 31.4 Å². The summed E-state index contributed by atoms with van der Waals surface area (Å²) in [5.41, 5.74) is 0. The Morgan fingerprint density at radius 1 is 1.33 bits per heavy atom. The molecule has 6 heteroatoms. The van der Waals surface area contributed by atoms with Crippen LogP contribution in [0.2, 0.25) is 0 Å². The average molecular weight is 233 g/mol. The largest absolute Gasteiger partial charge is 0.348 e. The molecule has 5 nitrogen and oxygen atoms in total. The highest BCUT2D eigenvalue weighted by Gasteiger charge is 2.34. The van der Waals surface area contributed by atoms with E-state index in [1.54, 1.807) is 0 Å². The zero-order chi connectivity index (χ0) is 11.5. The number of rotatable bonds is 3. The van der Waals surface area contributed by atoms with Gasteiger partial charge in [0.2, 0.25) is 5.91 Å². The van der Waals surface area contributed by atoms with Crippen molar-refractivity contribution in [3.8, 4) is 0 Å². The molecular formula is C9H15NO4S. The molecule has 15 heavy (non-hydrogen) atoms. The lowest BCUT2D eigenvalue weighted by Crippen LogP contribution is -2.44. The van der Waals surface area contributed by atoms with Crippen LogP contribution in [0.15, 0.2) is 0 Å². The second-order valence-electron chi connectivity index (χ2n) is 3.77. The van der Waals surface area contributed by atoms with Gasteiger partial charge < -0.3 is 5.32 Å². The van der Waals surface area contributed by atoms with E-state index in [0.717, 1.165) is 6.42 Å². The lowest BCUT2D eigenvalue weighted by Gasteiger charge is -2.20. The van der Waals surface area contributed by atoms with Crippen LogP contribution >= 0.6 is 0 Å². The number of ketones is 1. The second-order valence-corrected chi connectivity index (χ2v) is 6.07. The van der Waals surface area contributed by atoms with Gasteiger partial charge in [0.05, 0.1) is 12.3 Å². The number of nitrogens with one attached hydrogen (secondary N) is 1. The van der Waals surface area contributed by atoms with Gasteiger partial charge in [-0.25, -0.2) is 8.42 Å². The van der Waals surface area contributed by atoms with Gasteiger partial charge in [-0.15, -0.1) is 0 Å². The first kappa shape index (κ1) is 12.2. The molecule has 86 valence electrons. The third kappa shape index (κ3) is 3.30. The molecule has 1 saturated heterocycles. The molecule has 0 radical (unpaired) electrons. The summed E-state index contributed by atoms with van der Waals surface area (Å²) >= 11 is 0. The van der Waals surface area contributed by atoms with Crippen LogP contribution < -0.4 is 5.32 Å². The van der Waals surface area contributed by atoms with Crippen LogP contribution in [0.25, 0.3) is 0 Å². The minimum Gasteiger partial charge on any atom is -0.348 e. The number of carbonyl (C=O) groups is 2. The van der Waals surface area contributed by atoms with Crippen molar-refractivity contribution < 1.29 is 18.0 Å². The highest BCUT2D eigenvalue weighted by molar-refractivity contribution is 7.92. The van der Waals surface area contributed by atoms with Crippen molar-refractivity contribution in [2.24, 2.45) is 0 Å². The van der Waals surface area contributed by atoms with E-state index in [9.17, 15) is 18.0 Å². The van der Waals surface area contributed by atoms with Crippen molar-refractivity contribution in [3.05, 3.63) is 0 Å². The maximum atomic E-state index is 11.5. The molecule has 0 aliphatic carbocycles. The molecule has 0 saturated carbocycles. The number of hydrogen-bond acceptors (Lipinski definition) is 4. The molecule has 1 atom stereocenters. The quantitative estimate of drug-likeness (QED) is 0.723. The van der Waals surface area contributed by atoms with Crippen LogP contribution in [0.1, 0.15) is 26.2 Å². The molecule has 0 aromatic rings. The summed E-state index contributed by atoms with van der Waals surface area (Å²) < 4.78 is 23.0. The van der Waals surface area contributed by atoms with Crippen LogP contribution in [0, 0.1) is 0 Å². The van der Waals surface area contributed by atoms with Gasteiger partial charge in [0, 0.05) is 0 Å². The maximum Gasteiger partial charge on any atom is 0.238 e. The van der Waals surface area contributed by atoms with Gasteiger partial charge in [0.1, 0.15) is 11.0 Å². The van der Waals surface area contributed by atoms with Crippen molar-refractivity contribution in [1.29, 1.82) is 0 Å². The lowest BCUT2D eigenvalue weighted by molar-refractivity contribution is -0.124. The minimum atomic E-state index is -3.29. The third-order valence-electron chi connectivity index (χ3n) is 2.38. The van der Waals surface area contributed by atoms with E-state index in [2.05, 4.69) is 5.32 Å². The summed E-state index contributed by atoms with van der Waals surface area (Å²) in [5, 5.41) is 1.39. The highest BCUT2D eigenvalue weighted by Crippen LogP contribution is 2.19. The van der Waals surface area contributed by atoms with Gasteiger partial charge in [-0.1, -0.05) is 6.42 Å². The van der Waals surface area contributed by atoms with Gasteiger partial charge in [-0.2, -0.15) is 0 Å².